The van der Waals surface area contributed by atoms with Gasteiger partial charge in [0.1, 0.15) is 5.82 Å². The fourth-order valence-electron chi connectivity index (χ4n) is 2.80. The molecule has 1 unspecified atom stereocenters. The van der Waals surface area contributed by atoms with Crippen LogP contribution in [0.2, 0.25) is 5.02 Å². The van der Waals surface area contributed by atoms with Crippen LogP contribution in [0.1, 0.15) is 18.4 Å². The standard InChI is InChI=1S/C15H17ClN2O/c1-10-4-6-13(16)12-5-7-14(17-15(10)12)18-8-2-3-11(18)9-19/h4-7,11,19H,2-3,8-9H2,1H3. The highest BCUT2D eigenvalue weighted by Crippen LogP contribution is 2.30. The number of aliphatic hydroxyl groups excluding tert-OH is 1. The van der Waals surface area contributed by atoms with Crippen LogP contribution in [0.15, 0.2) is 24.3 Å². The summed E-state index contributed by atoms with van der Waals surface area (Å²) in [6.07, 6.45) is 2.14. The number of nitrogens with zero attached hydrogens (tertiary/aromatic N) is 2. The summed E-state index contributed by atoms with van der Waals surface area (Å²) in [6.45, 7) is 3.19. The first-order valence-corrected chi connectivity index (χ1v) is 7.02. The van der Waals surface area contributed by atoms with Gasteiger partial charge >= 0.3 is 0 Å². The van der Waals surface area contributed by atoms with Crippen LogP contribution in [0.4, 0.5) is 5.82 Å². The molecule has 1 aromatic carbocycles. The molecule has 19 heavy (non-hydrogen) atoms. The van der Waals surface area contributed by atoms with Gasteiger partial charge in [-0.15, -0.1) is 0 Å². The van der Waals surface area contributed by atoms with Crippen LogP contribution in [-0.2, 0) is 0 Å². The van der Waals surface area contributed by atoms with E-state index in [-0.39, 0.29) is 12.6 Å². The van der Waals surface area contributed by atoms with E-state index in [0.29, 0.717) is 0 Å². The zero-order valence-corrected chi connectivity index (χ0v) is 11.7. The molecule has 3 nitrogen and oxygen atoms in total. The monoisotopic (exact) mass is 276 g/mol. The van der Waals surface area contributed by atoms with E-state index in [4.69, 9.17) is 16.6 Å². The molecule has 0 saturated carbocycles. The highest BCUT2D eigenvalue weighted by atomic mass is 35.5. The number of hydrogen-bond acceptors (Lipinski definition) is 3. The largest absolute Gasteiger partial charge is 0.394 e. The molecule has 1 atom stereocenters. The van der Waals surface area contributed by atoms with Crippen molar-refractivity contribution in [2.45, 2.75) is 25.8 Å². The Morgan fingerprint density at radius 1 is 1.37 bits per heavy atom. The Labute approximate surface area is 117 Å². The van der Waals surface area contributed by atoms with E-state index in [2.05, 4.69) is 4.90 Å². The van der Waals surface area contributed by atoms with Gasteiger partial charge in [0.05, 0.1) is 18.2 Å². The summed E-state index contributed by atoms with van der Waals surface area (Å²) in [5.41, 5.74) is 2.08. The van der Waals surface area contributed by atoms with Crippen LogP contribution in [-0.4, -0.2) is 29.3 Å². The summed E-state index contributed by atoms with van der Waals surface area (Å²) in [5.74, 6) is 0.939. The predicted molar refractivity (Wildman–Crippen MR) is 78.9 cm³/mol. The van der Waals surface area contributed by atoms with Crippen LogP contribution in [0, 0.1) is 6.92 Å². The van der Waals surface area contributed by atoms with Gasteiger partial charge in [0.2, 0.25) is 0 Å². The number of halogens is 1. The van der Waals surface area contributed by atoms with E-state index in [9.17, 15) is 5.11 Å². The summed E-state index contributed by atoms with van der Waals surface area (Å²) >= 11 is 6.20. The summed E-state index contributed by atoms with van der Waals surface area (Å²) < 4.78 is 0. The second kappa shape index (κ2) is 4.99. The number of aromatic nitrogens is 1. The number of hydrogen-bond donors (Lipinski definition) is 1. The third kappa shape index (κ3) is 2.17. The first-order chi connectivity index (χ1) is 9.20. The second-order valence-electron chi connectivity index (χ2n) is 5.10. The highest BCUT2D eigenvalue weighted by Gasteiger charge is 2.25. The minimum Gasteiger partial charge on any atom is -0.394 e. The van der Waals surface area contributed by atoms with Crippen molar-refractivity contribution in [3.05, 3.63) is 34.9 Å². The maximum atomic E-state index is 9.42. The molecule has 4 heteroatoms. The van der Waals surface area contributed by atoms with E-state index in [1.54, 1.807) is 0 Å². The molecule has 0 aliphatic carbocycles. The third-order valence-corrected chi connectivity index (χ3v) is 4.20. The lowest BCUT2D eigenvalue weighted by Gasteiger charge is -2.24. The van der Waals surface area contributed by atoms with Crippen LogP contribution in [0.3, 0.4) is 0 Å². The lowest BCUT2D eigenvalue weighted by Crippen LogP contribution is -2.32. The maximum Gasteiger partial charge on any atom is 0.129 e. The summed E-state index contributed by atoms with van der Waals surface area (Å²) in [4.78, 5) is 6.94. The molecule has 2 aromatic rings. The third-order valence-electron chi connectivity index (χ3n) is 3.87. The van der Waals surface area contributed by atoms with Crippen LogP contribution in [0.25, 0.3) is 10.9 Å². The molecule has 1 aliphatic rings. The Morgan fingerprint density at radius 3 is 3.00 bits per heavy atom. The van der Waals surface area contributed by atoms with E-state index < -0.39 is 0 Å². The Kier molecular flexibility index (Phi) is 3.33. The molecule has 1 saturated heterocycles. The SMILES string of the molecule is Cc1ccc(Cl)c2ccc(N3CCCC3CO)nc12. The Morgan fingerprint density at radius 2 is 2.21 bits per heavy atom. The van der Waals surface area contributed by atoms with Crippen LogP contribution in [0.5, 0.6) is 0 Å². The number of rotatable bonds is 2. The zero-order chi connectivity index (χ0) is 13.4. The molecular weight excluding hydrogens is 260 g/mol. The smallest absolute Gasteiger partial charge is 0.129 e. The van der Waals surface area contributed by atoms with Crippen molar-refractivity contribution in [1.82, 2.24) is 4.98 Å². The minimum atomic E-state index is 0.189. The molecule has 3 rings (SSSR count). The number of pyridine rings is 1. The van der Waals surface area contributed by atoms with Crippen molar-refractivity contribution in [3.8, 4) is 0 Å². The highest BCUT2D eigenvalue weighted by molar-refractivity contribution is 6.35. The Bertz CT molecular complexity index is 614. The lowest BCUT2D eigenvalue weighted by molar-refractivity contribution is 0.266. The molecule has 0 amide bonds. The topological polar surface area (TPSA) is 36.4 Å². The molecular formula is C15H17ClN2O. The van der Waals surface area contributed by atoms with Crippen molar-refractivity contribution < 1.29 is 5.11 Å². The summed E-state index contributed by atoms with van der Waals surface area (Å²) in [6, 6.07) is 8.13. The van der Waals surface area contributed by atoms with Crippen LogP contribution >= 0.6 is 11.6 Å². The summed E-state index contributed by atoms with van der Waals surface area (Å²) in [7, 11) is 0. The van der Waals surface area contributed by atoms with E-state index in [1.807, 2.05) is 31.2 Å². The first kappa shape index (κ1) is 12.7. The molecule has 0 bridgehead atoms. The number of benzene rings is 1. The van der Waals surface area contributed by atoms with Gasteiger partial charge in [-0.25, -0.2) is 4.98 Å². The van der Waals surface area contributed by atoms with Crippen LogP contribution < -0.4 is 4.90 Å². The normalized spacial score (nSPS) is 19.3. The van der Waals surface area contributed by atoms with Crippen molar-refractivity contribution in [3.63, 3.8) is 0 Å². The first-order valence-electron chi connectivity index (χ1n) is 6.64. The van der Waals surface area contributed by atoms with E-state index in [1.165, 1.54) is 0 Å². The quantitative estimate of drug-likeness (QED) is 0.915. The number of anilines is 1. The molecule has 0 radical (unpaired) electrons. The van der Waals surface area contributed by atoms with Gasteiger partial charge in [-0.05, 0) is 43.5 Å². The fourth-order valence-corrected chi connectivity index (χ4v) is 3.01. The molecule has 1 aromatic heterocycles. The molecule has 1 N–H and O–H groups in total. The average Bonchev–Trinajstić information content (AvgIpc) is 2.91. The molecule has 0 spiro atoms. The predicted octanol–water partition coefficient (Wildman–Crippen LogP) is 3.16. The van der Waals surface area contributed by atoms with Crippen molar-refractivity contribution >= 4 is 28.3 Å². The van der Waals surface area contributed by atoms with Crippen molar-refractivity contribution in [1.29, 1.82) is 0 Å². The average molecular weight is 277 g/mol. The van der Waals surface area contributed by atoms with Gasteiger partial charge < -0.3 is 10.0 Å². The second-order valence-corrected chi connectivity index (χ2v) is 5.51. The molecule has 100 valence electrons. The Balaban J connectivity index is 2.09. The summed E-state index contributed by atoms with van der Waals surface area (Å²) in [5, 5.41) is 11.1. The minimum absolute atomic E-state index is 0.189. The number of aryl methyl sites for hydroxylation is 1. The Hall–Kier alpha value is -1.32. The molecule has 1 aliphatic heterocycles. The maximum absolute atomic E-state index is 9.42. The number of fused-ring (bicyclic) bond motifs is 1. The van der Waals surface area contributed by atoms with Gasteiger partial charge in [0, 0.05) is 17.0 Å². The number of aliphatic hydroxyl groups is 1. The van der Waals surface area contributed by atoms with Gasteiger partial charge in [-0.1, -0.05) is 17.7 Å². The van der Waals surface area contributed by atoms with E-state index in [0.717, 1.165) is 46.7 Å². The zero-order valence-electron chi connectivity index (χ0n) is 10.9. The molecule has 2 heterocycles. The van der Waals surface area contributed by atoms with Crippen molar-refractivity contribution in [2.75, 3.05) is 18.1 Å². The van der Waals surface area contributed by atoms with E-state index >= 15 is 0 Å². The lowest BCUT2D eigenvalue weighted by atomic mass is 10.1. The van der Waals surface area contributed by atoms with Gasteiger partial charge in [-0.3, -0.25) is 0 Å². The van der Waals surface area contributed by atoms with Gasteiger partial charge in [0.25, 0.3) is 0 Å². The van der Waals surface area contributed by atoms with Gasteiger partial charge in [0.15, 0.2) is 0 Å². The fraction of sp³-hybridized carbons (Fsp3) is 0.400. The van der Waals surface area contributed by atoms with Crippen molar-refractivity contribution in [2.24, 2.45) is 0 Å². The molecule has 1 fully saturated rings. The van der Waals surface area contributed by atoms with Gasteiger partial charge in [-0.2, -0.15) is 0 Å².